The number of nitrogens with zero attached hydrogens (tertiary/aromatic N) is 4. The zero-order valence-electron chi connectivity index (χ0n) is 21.4. The number of aromatic nitrogens is 2. The van der Waals surface area contributed by atoms with Crippen LogP contribution in [0.3, 0.4) is 0 Å². The molecule has 1 aliphatic rings. The van der Waals surface area contributed by atoms with Crippen LogP contribution in [0.25, 0.3) is 11.1 Å². The van der Waals surface area contributed by atoms with Gasteiger partial charge in [0.2, 0.25) is 0 Å². The van der Waals surface area contributed by atoms with Crippen LogP contribution >= 0.6 is 0 Å². The van der Waals surface area contributed by atoms with Crippen molar-refractivity contribution in [2.75, 3.05) is 38.6 Å². The molecule has 2 heterocycles. The maximum absolute atomic E-state index is 13.3. The molecule has 0 N–H and O–H groups in total. The molecule has 10 nitrogen and oxygen atoms in total. The number of methoxy groups -OCH3 is 1. The Labute approximate surface area is 215 Å². The molecule has 1 aliphatic heterocycles. The third-order valence-corrected chi connectivity index (χ3v) is 6.02. The molecular weight excluding hydrogens is 476 g/mol. The van der Waals surface area contributed by atoms with Crippen molar-refractivity contribution in [2.45, 2.75) is 32.6 Å². The van der Waals surface area contributed by atoms with Crippen molar-refractivity contribution >= 4 is 17.3 Å². The molecule has 1 aromatic heterocycles. The highest BCUT2D eigenvalue weighted by molar-refractivity contribution is 6.08. The molecule has 4 rings (SSSR count). The highest BCUT2D eigenvalue weighted by Crippen LogP contribution is 2.34. The van der Waals surface area contributed by atoms with E-state index in [2.05, 4.69) is 30.7 Å². The van der Waals surface area contributed by atoms with E-state index in [4.69, 9.17) is 14.2 Å². The first-order valence-electron chi connectivity index (χ1n) is 11.9. The number of anilines is 1. The number of nitro groups is 1. The lowest BCUT2D eigenvalue weighted by atomic mass is 9.93. The van der Waals surface area contributed by atoms with Crippen LogP contribution in [-0.4, -0.2) is 54.5 Å². The van der Waals surface area contributed by atoms with Crippen LogP contribution in [0.1, 0.15) is 42.5 Å². The first kappa shape index (κ1) is 26.2. The smallest absolute Gasteiger partial charge is 0.313 e. The van der Waals surface area contributed by atoms with Crippen LogP contribution in [0.5, 0.6) is 5.75 Å². The fraction of sp³-hybridized carbons (Fsp3) is 0.370. The lowest BCUT2D eigenvalue weighted by Gasteiger charge is -2.29. The van der Waals surface area contributed by atoms with E-state index >= 15 is 0 Å². The van der Waals surface area contributed by atoms with Gasteiger partial charge in [0.05, 0.1) is 23.8 Å². The molecule has 194 valence electrons. The van der Waals surface area contributed by atoms with Gasteiger partial charge in [0, 0.05) is 48.7 Å². The maximum atomic E-state index is 13.3. The summed E-state index contributed by atoms with van der Waals surface area (Å²) in [4.78, 5) is 35.0. The third kappa shape index (κ3) is 5.92. The minimum absolute atomic E-state index is 0.0698. The first-order chi connectivity index (χ1) is 17.7. The largest absolute Gasteiger partial charge is 0.460 e. The summed E-state index contributed by atoms with van der Waals surface area (Å²) in [5.41, 5.74) is 3.36. The van der Waals surface area contributed by atoms with Gasteiger partial charge in [0.1, 0.15) is 5.82 Å². The Balaban J connectivity index is 1.52. The SMILES string of the molecule is COCCOCOc1ccc(N2CCc3cc(-c4cnc(C(C)(C)C)nc4)ccc3C2=O)cc1[N+](=O)[O-]. The van der Waals surface area contributed by atoms with Crippen LogP contribution in [0, 0.1) is 10.1 Å². The number of carbonyl (C=O) groups is 1. The van der Waals surface area contributed by atoms with E-state index in [1.54, 1.807) is 36.5 Å². The van der Waals surface area contributed by atoms with E-state index in [1.807, 2.05) is 12.1 Å². The Morgan fingerprint density at radius 3 is 2.49 bits per heavy atom. The van der Waals surface area contributed by atoms with Gasteiger partial charge < -0.3 is 19.1 Å². The zero-order valence-corrected chi connectivity index (χ0v) is 21.4. The van der Waals surface area contributed by atoms with Gasteiger partial charge in [-0.1, -0.05) is 32.9 Å². The number of benzene rings is 2. The van der Waals surface area contributed by atoms with E-state index in [9.17, 15) is 14.9 Å². The molecule has 0 fully saturated rings. The summed E-state index contributed by atoms with van der Waals surface area (Å²) in [6, 6.07) is 10.1. The second-order valence-corrected chi connectivity index (χ2v) is 9.70. The minimum Gasteiger partial charge on any atom is -0.460 e. The van der Waals surface area contributed by atoms with Crippen molar-refractivity contribution in [3.63, 3.8) is 0 Å². The molecule has 10 heteroatoms. The normalized spacial score (nSPS) is 13.4. The summed E-state index contributed by atoms with van der Waals surface area (Å²) >= 11 is 0. The number of hydrogen-bond acceptors (Lipinski definition) is 8. The minimum atomic E-state index is -0.532. The van der Waals surface area contributed by atoms with Crippen molar-refractivity contribution in [1.82, 2.24) is 9.97 Å². The van der Waals surface area contributed by atoms with Crippen LogP contribution < -0.4 is 9.64 Å². The molecule has 0 atom stereocenters. The van der Waals surface area contributed by atoms with Gasteiger partial charge >= 0.3 is 5.69 Å². The number of hydrogen-bond donors (Lipinski definition) is 0. The monoisotopic (exact) mass is 506 g/mol. The molecule has 0 aliphatic carbocycles. The molecule has 0 saturated carbocycles. The predicted octanol–water partition coefficient (Wildman–Crippen LogP) is 4.55. The van der Waals surface area contributed by atoms with E-state index in [-0.39, 0.29) is 29.6 Å². The lowest BCUT2D eigenvalue weighted by molar-refractivity contribution is -0.386. The Morgan fingerprint density at radius 1 is 1.05 bits per heavy atom. The van der Waals surface area contributed by atoms with Gasteiger partial charge in [-0.15, -0.1) is 0 Å². The number of ether oxygens (including phenoxy) is 3. The van der Waals surface area contributed by atoms with Crippen LogP contribution in [0.2, 0.25) is 0 Å². The van der Waals surface area contributed by atoms with Crippen molar-refractivity contribution in [1.29, 1.82) is 0 Å². The van der Waals surface area contributed by atoms with Crippen molar-refractivity contribution < 1.29 is 23.9 Å². The number of fused-ring (bicyclic) bond motifs is 1. The van der Waals surface area contributed by atoms with Crippen LogP contribution in [0.4, 0.5) is 11.4 Å². The first-order valence-corrected chi connectivity index (χ1v) is 11.9. The average Bonchev–Trinajstić information content (AvgIpc) is 2.88. The van der Waals surface area contributed by atoms with Crippen molar-refractivity contribution in [2.24, 2.45) is 0 Å². The highest BCUT2D eigenvalue weighted by atomic mass is 16.7. The zero-order chi connectivity index (χ0) is 26.6. The maximum Gasteiger partial charge on any atom is 0.313 e. The molecule has 3 aromatic rings. The fourth-order valence-electron chi connectivity index (χ4n) is 4.02. The predicted molar refractivity (Wildman–Crippen MR) is 138 cm³/mol. The van der Waals surface area contributed by atoms with E-state index in [0.717, 1.165) is 22.5 Å². The summed E-state index contributed by atoms with van der Waals surface area (Å²) in [6.45, 7) is 7.13. The van der Waals surface area contributed by atoms with Gasteiger partial charge in [-0.25, -0.2) is 9.97 Å². The Kier molecular flexibility index (Phi) is 7.80. The van der Waals surface area contributed by atoms with Crippen LogP contribution in [0.15, 0.2) is 48.8 Å². The van der Waals surface area contributed by atoms with Gasteiger partial charge in [-0.3, -0.25) is 14.9 Å². The van der Waals surface area contributed by atoms with Gasteiger partial charge in [0.15, 0.2) is 12.5 Å². The summed E-state index contributed by atoms with van der Waals surface area (Å²) in [5, 5.41) is 11.7. The van der Waals surface area contributed by atoms with Crippen molar-refractivity contribution in [3.05, 3.63) is 75.9 Å². The van der Waals surface area contributed by atoms with Crippen molar-refractivity contribution in [3.8, 4) is 16.9 Å². The molecule has 0 saturated heterocycles. The molecule has 1 amide bonds. The molecule has 0 unspecified atom stereocenters. The summed E-state index contributed by atoms with van der Waals surface area (Å²) < 4.78 is 15.5. The lowest BCUT2D eigenvalue weighted by Crippen LogP contribution is -2.37. The Hall–Kier alpha value is -3.89. The van der Waals surface area contributed by atoms with E-state index in [1.165, 1.54) is 12.1 Å². The standard InChI is InChI=1S/C27H30N4O6/c1-27(2,3)26-28-15-20(16-29-26)18-5-7-22-19(13-18)9-10-30(25(22)32)21-6-8-24(23(14-21)31(33)34)37-17-36-12-11-35-4/h5-8,13-16H,9-12,17H2,1-4H3. The molecule has 0 bridgehead atoms. The molecular formula is C27H30N4O6. The highest BCUT2D eigenvalue weighted by Gasteiger charge is 2.28. The Morgan fingerprint density at radius 2 is 1.81 bits per heavy atom. The van der Waals surface area contributed by atoms with E-state index in [0.29, 0.717) is 37.4 Å². The Bertz CT molecular complexity index is 1290. The number of rotatable bonds is 9. The summed E-state index contributed by atoms with van der Waals surface area (Å²) in [7, 11) is 1.55. The summed E-state index contributed by atoms with van der Waals surface area (Å²) in [5.74, 6) is 0.627. The van der Waals surface area contributed by atoms with Gasteiger partial charge in [-0.2, -0.15) is 0 Å². The third-order valence-electron chi connectivity index (χ3n) is 6.02. The quantitative estimate of drug-likeness (QED) is 0.180. The second-order valence-electron chi connectivity index (χ2n) is 9.70. The second kappa shape index (κ2) is 11.0. The molecule has 0 spiro atoms. The van der Waals surface area contributed by atoms with E-state index < -0.39 is 4.92 Å². The molecule has 0 radical (unpaired) electrons. The topological polar surface area (TPSA) is 117 Å². The fourth-order valence-corrected chi connectivity index (χ4v) is 4.02. The average molecular weight is 507 g/mol. The van der Waals surface area contributed by atoms with Gasteiger partial charge in [0.25, 0.3) is 5.91 Å². The van der Waals surface area contributed by atoms with Crippen LogP contribution in [-0.2, 0) is 21.3 Å². The van der Waals surface area contributed by atoms with Gasteiger partial charge in [-0.05, 0) is 35.7 Å². The number of amides is 1. The number of nitro benzene ring substituents is 1. The number of carbonyl (C=O) groups excluding carboxylic acids is 1. The molecule has 37 heavy (non-hydrogen) atoms. The molecule has 2 aromatic carbocycles. The summed E-state index contributed by atoms with van der Waals surface area (Å²) in [6.07, 6.45) is 4.21.